The lowest BCUT2D eigenvalue weighted by Gasteiger charge is -2.16. The summed E-state index contributed by atoms with van der Waals surface area (Å²) in [5, 5.41) is 8.53. The van der Waals surface area contributed by atoms with Crippen molar-refractivity contribution >= 4 is 41.1 Å². The Morgan fingerprint density at radius 1 is 1.83 bits per heavy atom. The molecule has 0 spiro atoms. The van der Waals surface area contributed by atoms with E-state index in [1.807, 2.05) is 22.6 Å². The largest absolute Gasteiger partial charge is 0.480 e. The van der Waals surface area contributed by atoms with Crippen molar-refractivity contribution in [1.82, 2.24) is 0 Å². The number of halogens is 1. The highest BCUT2D eigenvalue weighted by Gasteiger charge is 2.30. The summed E-state index contributed by atoms with van der Waals surface area (Å²) in [4.78, 5) is 18.2. The van der Waals surface area contributed by atoms with Crippen LogP contribution in [0.15, 0.2) is 9.98 Å². The molecule has 0 fully saturated rings. The minimum atomic E-state index is -1.01. The molecule has 1 heterocycles. The topological polar surface area (TPSA) is 88.0 Å². The molecule has 0 amide bonds. The highest BCUT2D eigenvalue weighted by Crippen LogP contribution is 2.26. The fourth-order valence-electron chi connectivity index (χ4n) is 0.811. The van der Waals surface area contributed by atoms with Crippen molar-refractivity contribution in [3.05, 3.63) is 0 Å². The quantitative estimate of drug-likeness (QED) is 0.434. The standard InChI is InChI=1S/C6H8IN3O2/c7-6(2-9-3-10-6)1-4(8)5(11)12/h2-4H,1,8H2,(H,11,12). The zero-order valence-electron chi connectivity index (χ0n) is 6.14. The van der Waals surface area contributed by atoms with Crippen molar-refractivity contribution in [2.45, 2.75) is 16.0 Å². The minimum absolute atomic E-state index is 0.267. The van der Waals surface area contributed by atoms with Crippen molar-refractivity contribution in [2.75, 3.05) is 0 Å². The number of aliphatic imine (C=N–C) groups is 2. The average molecular weight is 281 g/mol. The first-order valence-corrected chi connectivity index (χ1v) is 4.37. The molecule has 12 heavy (non-hydrogen) atoms. The number of hydrogen-bond donors (Lipinski definition) is 2. The second kappa shape index (κ2) is 3.48. The van der Waals surface area contributed by atoms with Crippen LogP contribution in [0.5, 0.6) is 0 Å². The van der Waals surface area contributed by atoms with Crippen LogP contribution in [0.25, 0.3) is 0 Å². The summed E-state index contributed by atoms with van der Waals surface area (Å²) < 4.78 is -0.560. The van der Waals surface area contributed by atoms with E-state index in [1.165, 1.54) is 6.34 Å². The van der Waals surface area contributed by atoms with Crippen LogP contribution in [0.4, 0.5) is 0 Å². The maximum absolute atomic E-state index is 10.4. The van der Waals surface area contributed by atoms with Crippen LogP contribution in [-0.4, -0.2) is 33.2 Å². The number of nitrogens with zero attached hydrogens (tertiary/aromatic N) is 2. The van der Waals surface area contributed by atoms with Gasteiger partial charge in [-0.15, -0.1) is 0 Å². The van der Waals surface area contributed by atoms with Gasteiger partial charge in [0, 0.05) is 12.6 Å². The number of nitrogens with two attached hydrogens (primary N) is 1. The molecule has 0 saturated carbocycles. The molecule has 0 radical (unpaired) electrons. The molecule has 0 aromatic carbocycles. The predicted octanol–water partition coefficient (Wildman–Crippen LogP) is 0.0324. The zero-order valence-corrected chi connectivity index (χ0v) is 8.30. The number of aliphatic carboxylic acids is 1. The molecule has 0 aromatic heterocycles. The third kappa shape index (κ3) is 2.24. The molecule has 0 saturated heterocycles. The van der Waals surface area contributed by atoms with Crippen molar-refractivity contribution in [3.63, 3.8) is 0 Å². The molecule has 1 rings (SSSR count). The van der Waals surface area contributed by atoms with Crippen LogP contribution >= 0.6 is 22.6 Å². The average Bonchev–Trinajstić information content (AvgIpc) is 2.35. The van der Waals surface area contributed by atoms with E-state index in [0.29, 0.717) is 0 Å². The van der Waals surface area contributed by atoms with Crippen molar-refractivity contribution in [1.29, 1.82) is 0 Å². The van der Waals surface area contributed by atoms with E-state index in [1.54, 1.807) is 6.21 Å². The van der Waals surface area contributed by atoms with Crippen LogP contribution < -0.4 is 5.73 Å². The van der Waals surface area contributed by atoms with Crippen LogP contribution in [0.3, 0.4) is 0 Å². The summed E-state index contributed by atoms with van der Waals surface area (Å²) in [6.45, 7) is 0. The summed E-state index contributed by atoms with van der Waals surface area (Å²) in [6.07, 6.45) is 3.26. The Bertz CT molecular complexity index is 239. The lowest BCUT2D eigenvalue weighted by atomic mass is 10.1. The third-order valence-electron chi connectivity index (χ3n) is 1.43. The number of hydrogen-bond acceptors (Lipinski definition) is 4. The van der Waals surface area contributed by atoms with Gasteiger partial charge in [0.25, 0.3) is 0 Å². The Balaban J connectivity index is 2.56. The molecule has 0 aromatic rings. The third-order valence-corrected chi connectivity index (χ3v) is 2.43. The van der Waals surface area contributed by atoms with E-state index < -0.39 is 15.6 Å². The fraction of sp³-hybridized carbons (Fsp3) is 0.500. The monoisotopic (exact) mass is 281 g/mol. The van der Waals surface area contributed by atoms with Gasteiger partial charge in [0.05, 0.1) is 0 Å². The van der Waals surface area contributed by atoms with Crippen LogP contribution in [-0.2, 0) is 4.79 Å². The molecule has 3 N–H and O–H groups in total. The second-order valence-electron chi connectivity index (χ2n) is 2.49. The Morgan fingerprint density at radius 3 is 2.92 bits per heavy atom. The van der Waals surface area contributed by atoms with Crippen molar-refractivity contribution in [2.24, 2.45) is 15.7 Å². The van der Waals surface area contributed by atoms with E-state index in [0.717, 1.165) is 0 Å². The van der Waals surface area contributed by atoms with Gasteiger partial charge in [0.1, 0.15) is 12.4 Å². The minimum Gasteiger partial charge on any atom is -0.480 e. The molecule has 1 aliphatic heterocycles. The van der Waals surface area contributed by atoms with Crippen molar-refractivity contribution < 1.29 is 9.90 Å². The molecule has 0 bridgehead atoms. The van der Waals surface area contributed by atoms with Gasteiger partial charge < -0.3 is 10.8 Å². The predicted molar refractivity (Wildman–Crippen MR) is 54.0 cm³/mol. The molecular formula is C6H8IN3O2. The zero-order chi connectivity index (χ0) is 9.19. The summed E-state index contributed by atoms with van der Waals surface area (Å²) >= 11 is 2.02. The van der Waals surface area contributed by atoms with Gasteiger partial charge in [0.2, 0.25) is 0 Å². The lowest BCUT2D eigenvalue weighted by molar-refractivity contribution is -0.138. The highest BCUT2D eigenvalue weighted by molar-refractivity contribution is 14.1. The van der Waals surface area contributed by atoms with E-state index >= 15 is 0 Å². The molecule has 2 unspecified atom stereocenters. The molecular weight excluding hydrogens is 273 g/mol. The Morgan fingerprint density at radius 2 is 2.50 bits per heavy atom. The number of rotatable bonds is 3. The van der Waals surface area contributed by atoms with Gasteiger partial charge in [-0.25, -0.2) is 4.99 Å². The van der Waals surface area contributed by atoms with E-state index in [2.05, 4.69) is 9.98 Å². The summed E-state index contributed by atoms with van der Waals surface area (Å²) in [6, 6.07) is -0.886. The van der Waals surface area contributed by atoms with Gasteiger partial charge in [-0.3, -0.25) is 9.79 Å². The first-order valence-electron chi connectivity index (χ1n) is 3.29. The molecule has 0 aliphatic carbocycles. The highest BCUT2D eigenvalue weighted by atomic mass is 127. The Hall–Kier alpha value is -0.500. The number of alkyl halides is 1. The Kier molecular flexibility index (Phi) is 2.78. The van der Waals surface area contributed by atoms with Crippen LogP contribution in [0.1, 0.15) is 6.42 Å². The lowest BCUT2D eigenvalue weighted by Crippen LogP contribution is -2.37. The molecule has 1 aliphatic rings. The van der Waals surface area contributed by atoms with Crippen LogP contribution in [0, 0.1) is 0 Å². The number of carboxylic acids is 1. The smallest absolute Gasteiger partial charge is 0.320 e. The summed E-state index contributed by atoms with van der Waals surface area (Å²) in [7, 11) is 0. The number of carboxylic acid groups (broad SMARTS) is 1. The Labute approximate surface area is 82.9 Å². The van der Waals surface area contributed by atoms with Gasteiger partial charge in [-0.05, 0) is 22.6 Å². The molecule has 6 heteroatoms. The fourth-order valence-corrected chi connectivity index (χ4v) is 1.57. The van der Waals surface area contributed by atoms with Gasteiger partial charge in [-0.1, -0.05) is 0 Å². The summed E-state index contributed by atoms with van der Waals surface area (Å²) in [5.74, 6) is -1.01. The van der Waals surface area contributed by atoms with Gasteiger partial charge in [-0.2, -0.15) is 0 Å². The molecule has 66 valence electrons. The van der Waals surface area contributed by atoms with Crippen molar-refractivity contribution in [3.8, 4) is 0 Å². The molecule has 2 atom stereocenters. The molecule has 5 nitrogen and oxygen atoms in total. The first-order chi connectivity index (χ1) is 5.53. The first kappa shape index (κ1) is 9.59. The van der Waals surface area contributed by atoms with Crippen LogP contribution in [0.2, 0.25) is 0 Å². The second-order valence-corrected chi connectivity index (χ2v) is 4.36. The van der Waals surface area contributed by atoms with E-state index in [9.17, 15) is 4.79 Å². The normalized spacial score (nSPS) is 29.2. The maximum Gasteiger partial charge on any atom is 0.320 e. The SMILES string of the molecule is NC(CC1(I)C=NC=N1)C(=O)O. The van der Waals surface area contributed by atoms with Gasteiger partial charge in [0.15, 0.2) is 3.55 Å². The van der Waals surface area contributed by atoms with E-state index in [-0.39, 0.29) is 6.42 Å². The summed E-state index contributed by atoms with van der Waals surface area (Å²) in [5.41, 5.74) is 5.34. The van der Waals surface area contributed by atoms with Gasteiger partial charge >= 0.3 is 5.97 Å². The maximum atomic E-state index is 10.4. The van der Waals surface area contributed by atoms with E-state index in [4.69, 9.17) is 10.8 Å². The number of carbonyl (C=O) groups is 1.